The summed E-state index contributed by atoms with van der Waals surface area (Å²) in [5.41, 5.74) is 1.22. The van der Waals surface area contributed by atoms with E-state index in [-0.39, 0.29) is 55.4 Å². The van der Waals surface area contributed by atoms with Gasteiger partial charge in [-0.05, 0) is 178 Å². The molecule has 1 aromatic heterocycles. The maximum atomic E-state index is 14.6. The number of carbonyl (C=O) groups excluding carboxylic acids is 6. The van der Waals surface area contributed by atoms with E-state index in [4.69, 9.17) is 0 Å². The first kappa shape index (κ1) is 82.7. The molecule has 5 amide bonds. The predicted octanol–water partition coefficient (Wildman–Crippen LogP) is 11.8. The van der Waals surface area contributed by atoms with E-state index in [1.807, 2.05) is 66.2 Å². The standard InChI is InChI=1S/C82H104F3N11O11S4/c1-53-72(109-52-88-53)55-18-16-54(17-19-55)67(90-75(102)64-42-60(97)41-63(64)71(100)73(77(2,3)4)91-76(103)80(51-86)29-30-80)44-69(98)87-31-12-11-15-70(99)96-39-33-93(34-40-96)32-27-58(47-108-61-13-9-8-10-14-61)89-66-25-24-62(43-68(66)110(104,105)82(83,84)85)111(106,107)92-74(101)56-20-22-59(23-21-56)95-37-35-94(36-38-95)46-57-26-28-78(5,6)45-65(57)81-48-79(7,49-81)50-81/h8-10,13-14,16-25,43,52,58,60,63-64,67,73,89,97H,11-12,15,26-42,44-50H2,1-7H3,(H,87,98)(H,90,102)(H,91,103)(H,92,101)/t58-,60+,63?,64-,67+,73-,79?,81?/m1/s1. The van der Waals surface area contributed by atoms with Crippen molar-refractivity contribution in [3.8, 4) is 16.5 Å². The molecule has 111 heavy (non-hydrogen) atoms. The fraction of sp³-hybridized carbons (Fsp3) is 0.561. The number of aliphatic hydroxyl groups is 1. The Kier molecular flexibility index (Phi) is 24.9. The van der Waals surface area contributed by atoms with Crippen molar-refractivity contribution in [2.45, 2.75) is 189 Å². The van der Waals surface area contributed by atoms with Gasteiger partial charge in [0.1, 0.15) is 10.3 Å². The molecule has 6 atom stereocenters. The zero-order valence-corrected chi connectivity index (χ0v) is 67.6. The molecule has 1 unspecified atom stereocenters. The van der Waals surface area contributed by atoms with Crippen LogP contribution in [0, 0.1) is 57.2 Å². The number of carbonyl (C=O) groups is 6. The summed E-state index contributed by atoms with van der Waals surface area (Å²) in [6.45, 7) is 20.9. The molecule has 6 aliphatic carbocycles. The van der Waals surface area contributed by atoms with Gasteiger partial charge in [-0.15, -0.1) is 23.1 Å². The highest BCUT2D eigenvalue weighted by Crippen LogP contribution is 2.77. The van der Waals surface area contributed by atoms with Crippen LogP contribution in [0.15, 0.2) is 128 Å². The molecular formula is C82H104F3N11O11S4. The number of halogens is 3. The van der Waals surface area contributed by atoms with Crippen molar-refractivity contribution in [1.82, 2.24) is 40.4 Å². The first-order valence-electron chi connectivity index (χ1n) is 38.7. The summed E-state index contributed by atoms with van der Waals surface area (Å²) in [4.78, 5) is 95.9. The number of rotatable bonds is 31. The zero-order valence-electron chi connectivity index (χ0n) is 64.4. The fourth-order valence-electron chi connectivity index (χ4n) is 17.4. The number of sulfone groups is 1. The van der Waals surface area contributed by atoms with E-state index in [2.05, 4.69) is 67.8 Å². The first-order chi connectivity index (χ1) is 52.4. The minimum atomic E-state index is -6.19. The van der Waals surface area contributed by atoms with Crippen molar-refractivity contribution < 1.29 is 63.9 Å². The molecule has 0 spiro atoms. The molecule has 4 aromatic carbocycles. The molecule has 0 radical (unpaired) electrons. The number of thiazole rings is 1. The van der Waals surface area contributed by atoms with Crippen LogP contribution in [0.1, 0.15) is 166 Å². The monoisotopic (exact) mass is 1600 g/mol. The average molecular weight is 1610 g/mol. The normalized spacial score (nSPS) is 23.4. The van der Waals surface area contributed by atoms with Crippen molar-refractivity contribution in [1.29, 1.82) is 5.26 Å². The summed E-state index contributed by atoms with van der Waals surface area (Å²) >= 11 is 2.86. The van der Waals surface area contributed by atoms with Gasteiger partial charge in [0.15, 0.2) is 5.78 Å². The van der Waals surface area contributed by atoms with Crippen molar-refractivity contribution in [2.75, 3.05) is 88.0 Å². The van der Waals surface area contributed by atoms with Gasteiger partial charge >= 0.3 is 5.51 Å². The number of anilines is 2. The number of Topliss-reactive ketones (excluding diaryl/α,β-unsaturated/α-hetero) is 1. The number of hydrogen-bond acceptors (Lipinski definition) is 19. The van der Waals surface area contributed by atoms with Crippen LogP contribution in [0.3, 0.4) is 0 Å². The van der Waals surface area contributed by atoms with Gasteiger partial charge in [0.05, 0.1) is 63.3 Å². The maximum absolute atomic E-state index is 14.6. The van der Waals surface area contributed by atoms with E-state index in [1.165, 1.54) is 67.3 Å². The molecule has 8 aliphatic rings. The largest absolute Gasteiger partial charge is 0.501 e. The lowest BCUT2D eigenvalue weighted by atomic mass is 9.33. The number of sulfonamides is 1. The predicted molar refractivity (Wildman–Crippen MR) is 421 cm³/mol. The quantitative estimate of drug-likeness (QED) is 0.0136. The Balaban J connectivity index is 0.623. The summed E-state index contributed by atoms with van der Waals surface area (Å²) in [6, 6.07) is 24.9. The number of amides is 5. The van der Waals surface area contributed by atoms with E-state index in [1.54, 1.807) is 54.5 Å². The van der Waals surface area contributed by atoms with Crippen LogP contribution in [0.25, 0.3) is 10.4 Å². The highest BCUT2D eigenvalue weighted by Gasteiger charge is 2.67. The van der Waals surface area contributed by atoms with E-state index in [9.17, 15) is 69.1 Å². The van der Waals surface area contributed by atoms with E-state index in [0.29, 0.717) is 92.7 Å². The maximum Gasteiger partial charge on any atom is 0.501 e. The summed E-state index contributed by atoms with van der Waals surface area (Å²) in [7, 11) is -11.1. The molecule has 5 saturated carbocycles. The molecule has 22 nitrogen and oxygen atoms in total. The third-order valence-electron chi connectivity index (χ3n) is 23.8. The Morgan fingerprint density at radius 1 is 0.802 bits per heavy atom. The number of thioether (sulfide) groups is 1. The van der Waals surface area contributed by atoms with Gasteiger partial charge in [-0.2, -0.15) is 18.4 Å². The number of allylic oxidation sites excluding steroid dienone is 1. The highest BCUT2D eigenvalue weighted by atomic mass is 32.2. The number of piperazine rings is 2. The second-order valence-electron chi connectivity index (χ2n) is 34.0. The molecule has 7 fully saturated rings. The molecule has 3 heterocycles. The fourth-order valence-corrected chi connectivity index (χ4v) is 21.2. The summed E-state index contributed by atoms with van der Waals surface area (Å²) in [6.07, 6.45) is 8.38. The molecule has 5 aromatic rings. The summed E-state index contributed by atoms with van der Waals surface area (Å²) in [5, 5.41) is 32.5. The number of hydrogen-bond donors (Lipinski definition) is 6. The van der Waals surface area contributed by atoms with Gasteiger partial charge in [0, 0.05) is 112 Å². The van der Waals surface area contributed by atoms with Gasteiger partial charge in [-0.1, -0.05) is 95.2 Å². The van der Waals surface area contributed by atoms with Crippen molar-refractivity contribution in [3.63, 3.8) is 0 Å². The van der Waals surface area contributed by atoms with Crippen LogP contribution in [0.2, 0.25) is 0 Å². The number of nitrogens with zero attached hydrogens (tertiary/aromatic N) is 6. The van der Waals surface area contributed by atoms with Crippen molar-refractivity contribution >= 4 is 89.7 Å². The van der Waals surface area contributed by atoms with Gasteiger partial charge < -0.3 is 36.2 Å². The summed E-state index contributed by atoms with van der Waals surface area (Å²) in [5.74, 6) is -4.72. The minimum Gasteiger partial charge on any atom is -0.393 e. The lowest BCUT2D eigenvalue weighted by molar-refractivity contribution is -0.167. The number of ketones is 1. The number of aryl methyl sites for hydroxylation is 1. The topological polar surface area (TPSA) is 301 Å². The molecule has 2 bridgehead atoms. The van der Waals surface area contributed by atoms with Crippen molar-refractivity contribution in [3.05, 3.63) is 131 Å². The highest BCUT2D eigenvalue weighted by molar-refractivity contribution is 7.99. The second kappa shape index (κ2) is 33.4. The third kappa shape index (κ3) is 19.4. The lowest BCUT2D eigenvalue weighted by Gasteiger charge is -2.72. The number of aliphatic hydroxyl groups excluding tert-OH is 1. The number of nitrogens with one attached hydrogen (secondary N) is 5. The van der Waals surface area contributed by atoms with Gasteiger partial charge in [-0.3, -0.25) is 38.6 Å². The summed E-state index contributed by atoms with van der Waals surface area (Å²) < 4.78 is 101. The number of alkyl halides is 3. The zero-order chi connectivity index (χ0) is 79.6. The van der Waals surface area contributed by atoms with Gasteiger partial charge in [0.2, 0.25) is 23.6 Å². The number of nitriles is 1. The molecule has 13 rings (SSSR count). The molecule has 2 saturated heterocycles. The molecule has 598 valence electrons. The van der Waals surface area contributed by atoms with Crippen LogP contribution >= 0.6 is 23.1 Å². The lowest BCUT2D eigenvalue weighted by Crippen LogP contribution is -2.61. The number of benzene rings is 4. The molecule has 29 heteroatoms. The van der Waals surface area contributed by atoms with Crippen LogP contribution in [-0.4, -0.2) is 178 Å². The molecule has 6 N–H and O–H groups in total. The number of unbranched alkanes of at least 4 members (excludes halogenated alkanes) is 1. The van der Waals surface area contributed by atoms with Crippen LogP contribution in [0.4, 0.5) is 24.5 Å². The van der Waals surface area contributed by atoms with Gasteiger partial charge in [0.25, 0.3) is 25.8 Å². The number of aromatic nitrogens is 1. The Bertz CT molecular complexity index is 4560. The third-order valence-corrected chi connectivity index (χ3v) is 28.8. The SMILES string of the molecule is Cc1ncsc1-c1ccc([C@H](CC(=O)NCCCCC(=O)N2CCN(CC[C@H](CSc3ccccc3)Nc3ccc(S(=O)(=O)NC(=O)c4ccc(N5CCN(CC6=C(C78CC(C)(C7)C8)CC(C)(C)CC6)CC5)cc4)cc3S(=O)(=O)C(F)(F)F)CC2)NC(=O)[C@@H]2C[C@@H](O)CC2C(=O)[C@@H](NC(=O)C2(C#N)CC2)C(C)(C)C)cc1. The Morgan fingerprint density at radius 2 is 1.47 bits per heavy atom. The van der Waals surface area contributed by atoms with E-state index < -0.39 is 111 Å². The average Bonchev–Trinajstić information content (AvgIpc) is 1.19. The molecule has 2 aliphatic heterocycles. The molecular weight excluding hydrogens is 1500 g/mol. The van der Waals surface area contributed by atoms with Crippen molar-refractivity contribution in [2.24, 2.45) is 38.9 Å². The minimum absolute atomic E-state index is 0.0110. The first-order valence-corrected chi connectivity index (χ1v) is 43.6. The Hall–Kier alpha value is -7.72. The van der Waals surface area contributed by atoms with Crippen LogP contribution in [0.5, 0.6) is 0 Å². The van der Waals surface area contributed by atoms with E-state index in [0.717, 1.165) is 78.0 Å². The van der Waals surface area contributed by atoms with Crippen LogP contribution < -0.4 is 30.9 Å². The van der Waals surface area contributed by atoms with Gasteiger partial charge in [-0.25, -0.2) is 26.5 Å². The Morgan fingerprint density at radius 3 is 2.09 bits per heavy atom. The Labute approximate surface area is 658 Å². The smallest absolute Gasteiger partial charge is 0.393 e. The van der Waals surface area contributed by atoms with Crippen LogP contribution in [-0.2, 0) is 43.8 Å². The second-order valence-corrected chi connectivity index (χ2v) is 39.6. The van der Waals surface area contributed by atoms with E-state index >= 15 is 0 Å².